The van der Waals surface area contributed by atoms with Crippen LogP contribution in [0.25, 0.3) is 11.6 Å². The average Bonchev–Trinajstić information content (AvgIpc) is 2.95. The molecular weight excluding hydrogens is 464 g/mol. The lowest BCUT2D eigenvalue weighted by molar-refractivity contribution is 0.223. The number of anilines is 3. The van der Waals surface area contributed by atoms with Crippen molar-refractivity contribution in [3.63, 3.8) is 0 Å². The summed E-state index contributed by atoms with van der Waals surface area (Å²) in [4.78, 5) is 9.40. The molecule has 2 aromatic carbocycles. The number of nitrogens with zero attached hydrogens (tertiary/aromatic N) is 3. The molecule has 7 nitrogen and oxygen atoms in total. The summed E-state index contributed by atoms with van der Waals surface area (Å²) in [6.45, 7) is 11.9. The van der Waals surface area contributed by atoms with Gasteiger partial charge in [0.1, 0.15) is 29.7 Å². The van der Waals surface area contributed by atoms with Crippen molar-refractivity contribution in [1.82, 2.24) is 9.88 Å². The fourth-order valence-corrected chi connectivity index (χ4v) is 4.50. The van der Waals surface area contributed by atoms with Gasteiger partial charge in [-0.25, -0.2) is 4.98 Å². The Bertz CT molecular complexity index is 1180. The molecular formula is C30H38N4O3. The van der Waals surface area contributed by atoms with E-state index in [4.69, 9.17) is 19.2 Å². The van der Waals surface area contributed by atoms with Gasteiger partial charge in [0.15, 0.2) is 0 Å². The summed E-state index contributed by atoms with van der Waals surface area (Å²) < 4.78 is 16.9. The van der Waals surface area contributed by atoms with Crippen LogP contribution in [-0.4, -0.2) is 63.4 Å². The molecule has 1 aromatic heterocycles. The molecule has 0 aliphatic carbocycles. The SMILES string of the molecule is CCN(CC)CCOc1ccc(Nc2cc3c(cn2)C=C(c2cc(OC)cc(OC)c2)CN3CC)cc1. The fraction of sp³-hybridized carbons (Fsp3) is 0.367. The largest absolute Gasteiger partial charge is 0.497 e. The summed E-state index contributed by atoms with van der Waals surface area (Å²) in [6.07, 6.45) is 4.14. The molecule has 7 heteroatoms. The monoisotopic (exact) mass is 502 g/mol. The lowest BCUT2D eigenvalue weighted by Gasteiger charge is -2.31. The predicted molar refractivity (Wildman–Crippen MR) is 153 cm³/mol. The summed E-state index contributed by atoms with van der Waals surface area (Å²) in [6, 6.07) is 16.2. The third-order valence-electron chi connectivity index (χ3n) is 6.74. The van der Waals surface area contributed by atoms with Crippen molar-refractivity contribution in [1.29, 1.82) is 0 Å². The minimum atomic E-state index is 0.686. The number of nitrogens with one attached hydrogen (secondary N) is 1. The normalized spacial score (nSPS) is 12.7. The molecule has 1 aliphatic heterocycles. The molecule has 37 heavy (non-hydrogen) atoms. The highest BCUT2D eigenvalue weighted by Gasteiger charge is 2.20. The van der Waals surface area contributed by atoms with Crippen LogP contribution in [0.2, 0.25) is 0 Å². The van der Waals surface area contributed by atoms with E-state index >= 15 is 0 Å². The number of rotatable bonds is 12. The summed E-state index contributed by atoms with van der Waals surface area (Å²) in [7, 11) is 3.35. The van der Waals surface area contributed by atoms with Crippen molar-refractivity contribution >= 4 is 28.8 Å². The van der Waals surface area contributed by atoms with Crippen LogP contribution in [0.3, 0.4) is 0 Å². The van der Waals surface area contributed by atoms with E-state index in [-0.39, 0.29) is 0 Å². The van der Waals surface area contributed by atoms with Crippen molar-refractivity contribution in [2.75, 3.05) is 63.8 Å². The van der Waals surface area contributed by atoms with E-state index in [2.05, 4.69) is 48.0 Å². The van der Waals surface area contributed by atoms with Gasteiger partial charge < -0.3 is 29.3 Å². The van der Waals surface area contributed by atoms with E-state index in [9.17, 15) is 0 Å². The van der Waals surface area contributed by atoms with Crippen molar-refractivity contribution in [2.45, 2.75) is 20.8 Å². The Kier molecular flexibility index (Phi) is 8.90. The quantitative estimate of drug-likeness (QED) is 0.329. The van der Waals surface area contributed by atoms with Crippen molar-refractivity contribution in [2.24, 2.45) is 0 Å². The van der Waals surface area contributed by atoms with Gasteiger partial charge in [0.2, 0.25) is 0 Å². The Balaban J connectivity index is 1.48. The Morgan fingerprint density at radius 1 is 0.919 bits per heavy atom. The van der Waals surface area contributed by atoms with Gasteiger partial charge in [-0.3, -0.25) is 0 Å². The molecule has 1 N–H and O–H groups in total. The molecule has 0 radical (unpaired) electrons. The highest BCUT2D eigenvalue weighted by atomic mass is 16.5. The number of methoxy groups -OCH3 is 2. The first-order valence-electron chi connectivity index (χ1n) is 13.0. The Hall–Kier alpha value is -3.71. The van der Waals surface area contributed by atoms with Gasteiger partial charge in [0.25, 0.3) is 0 Å². The zero-order valence-electron chi connectivity index (χ0n) is 22.6. The Morgan fingerprint density at radius 3 is 2.24 bits per heavy atom. The highest BCUT2D eigenvalue weighted by Crippen LogP contribution is 2.36. The molecule has 196 valence electrons. The number of likely N-dealkylation sites (N-methyl/N-ethyl adjacent to an activating group) is 2. The zero-order valence-corrected chi connectivity index (χ0v) is 22.6. The number of aromatic nitrogens is 1. The maximum atomic E-state index is 5.91. The zero-order chi connectivity index (χ0) is 26.2. The lowest BCUT2D eigenvalue weighted by atomic mass is 9.97. The van der Waals surface area contributed by atoms with Crippen LogP contribution in [-0.2, 0) is 0 Å². The molecule has 0 bridgehead atoms. The molecule has 1 aliphatic rings. The van der Waals surface area contributed by atoms with Crippen molar-refractivity contribution in [3.05, 3.63) is 65.9 Å². The maximum Gasteiger partial charge on any atom is 0.132 e. The van der Waals surface area contributed by atoms with Crippen molar-refractivity contribution in [3.8, 4) is 17.2 Å². The van der Waals surface area contributed by atoms with Gasteiger partial charge in [-0.15, -0.1) is 0 Å². The van der Waals surface area contributed by atoms with E-state index in [0.717, 1.165) is 78.3 Å². The summed E-state index contributed by atoms with van der Waals surface area (Å²) in [5.74, 6) is 3.25. The van der Waals surface area contributed by atoms with Gasteiger partial charge in [-0.1, -0.05) is 13.8 Å². The highest BCUT2D eigenvalue weighted by molar-refractivity contribution is 5.92. The first-order valence-corrected chi connectivity index (χ1v) is 13.0. The molecule has 0 saturated carbocycles. The third-order valence-corrected chi connectivity index (χ3v) is 6.74. The number of fused-ring (bicyclic) bond motifs is 1. The first kappa shape index (κ1) is 26.4. The summed E-state index contributed by atoms with van der Waals surface area (Å²) in [5, 5.41) is 3.44. The number of pyridine rings is 1. The first-order chi connectivity index (χ1) is 18.1. The van der Waals surface area contributed by atoms with Crippen LogP contribution in [0, 0.1) is 0 Å². The second-order valence-electron chi connectivity index (χ2n) is 8.94. The maximum absolute atomic E-state index is 5.91. The van der Waals surface area contributed by atoms with E-state index in [1.54, 1.807) is 14.2 Å². The van der Waals surface area contributed by atoms with Gasteiger partial charge >= 0.3 is 0 Å². The van der Waals surface area contributed by atoms with Gasteiger partial charge in [0.05, 0.1) is 14.2 Å². The fourth-order valence-electron chi connectivity index (χ4n) is 4.50. The molecule has 3 aromatic rings. The van der Waals surface area contributed by atoms with Gasteiger partial charge in [0, 0.05) is 54.9 Å². The van der Waals surface area contributed by atoms with Crippen LogP contribution in [0.5, 0.6) is 17.2 Å². The van der Waals surface area contributed by atoms with Gasteiger partial charge in [-0.2, -0.15) is 0 Å². The molecule has 0 atom stereocenters. The van der Waals surface area contributed by atoms with E-state index < -0.39 is 0 Å². The lowest BCUT2D eigenvalue weighted by Crippen LogP contribution is -2.28. The number of hydrogen-bond acceptors (Lipinski definition) is 7. The second-order valence-corrected chi connectivity index (χ2v) is 8.94. The minimum Gasteiger partial charge on any atom is -0.497 e. The average molecular weight is 503 g/mol. The van der Waals surface area contributed by atoms with Crippen LogP contribution < -0.4 is 24.4 Å². The summed E-state index contributed by atoms with van der Waals surface area (Å²) >= 11 is 0. The van der Waals surface area contributed by atoms with Crippen molar-refractivity contribution < 1.29 is 14.2 Å². The smallest absolute Gasteiger partial charge is 0.132 e. The third kappa shape index (κ3) is 6.54. The van der Waals surface area contributed by atoms with Crippen LogP contribution in [0.1, 0.15) is 31.9 Å². The van der Waals surface area contributed by atoms with Crippen LogP contribution in [0.15, 0.2) is 54.7 Å². The standard InChI is InChI=1S/C30H38N4O3/c1-6-33(7-2)13-14-37-26-11-9-25(10-12-26)32-30-19-29-23(20-31-30)15-24(21-34(29)8-3)22-16-27(35-4)18-28(17-22)36-5/h9-12,15-20H,6-8,13-14,21H2,1-5H3,(H,31,32). The van der Waals surface area contributed by atoms with E-state index in [1.165, 1.54) is 5.57 Å². The minimum absolute atomic E-state index is 0.686. The van der Waals surface area contributed by atoms with E-state index in [1.807, 2.05) is 48.7 Å². The molecule has 0 unspecified atom stereocenters. The Labute approximate surface area is 220 Å². The predicted octanol–water partition coefficient (Wildman–Crippen LogP) is 5.94. The molecule has 0 amide bonds. The topological polar surface area (TPSA) is 59.1 Å². The van der Waals surface area contributed by atoms with Gasteiger partial charge in [-0.05, 0) is 73.6 Å². The number of benzene rings is 2. The second kappa shape index (κ2) is 12.5. The molecule has 0 saturated heterocycles. The Morgan fingerprint density at radius 2 is 1.62 bits per heavy atom. The summed E-state index contributed by atoms with van der Waals surface area (Å²) in [5.41, 5.74) is 5.51. The molecule has 0 fully saturated rings. The molecule has 0 spiro atoms. The van der Waals surface area contributed by atoms with Crippen LogP contribution >= 0.6 is 0 Å². The van der Waals surface area contributed by atoms with E-state index in [0.29, 0.717) is 6.61 Å². The molecule has 2 heterocycles. The number of ether oxygens (including phenoxy) is 3. The number of hydrogen-bond donors (Lipinski definition) is 1. The van der Waals surface area contributed by atoms with Crippen LogP contribution in [0.4, 0.5) is 17.2 Å². The molecule has 4 rings (SSSR count).